The Morgan fingerprint density at radius 3 is 2.33 bits per heavy atom. The number of rotatable bonds is 3. The number of hydrogen-bond acceptors (Lipinski definition) is 1. The predicted octanol–water partition coefficient (Wildman–Crippen LogP) is 2.58. The van der Waals surface area contributed by atoms with Gasteiger partial charge in [-0.1, -0.05) is 25.7 Å². The lowest BCUT2D eigenvalue weighted by Gasteiger charge is -2.28. The molecule has 0 amide bonds. The lowest BCUT2D eigenvalue weighted by Crippen LogP contribution is -2.44. The van der Waals surface area contributed by atoms with Gasteiger partial charge >= 0.3 is 0 Å². The fourth-order valence-electron chi connectivity index (χ4n) is 2.42. The van der Waals surface area contributed by atoms with Gasteiger partial charge in [-0.2, -0.15) is 0 Å². The molecule has 0 aromatic rings. The molecule has 2 saturated carbocycles. The van der Waals surface area contributed by atoms with Crippen LogP contribution in [0.1, 0.15) is 51.4 Å². The van der Waals surface area contributed by atoms with E-state index in [1.165, 1.54) is 51.4 Å². The maximum atomic E-state index is 5.30. The smallest absolute Gasteiger partial charge is 0.166 e. The van der Waals surface area contributed by atoms with Crippen molar-refractivity contribution in [3.05, 3.63) is 0 Å². The van der Waals surface area contributed by atoms with Gasteiger partial charge in [0.05, 0.1) is 0 Å². The summed E-state index contributed by atoms with van der Waals surface area (Å²) >= 11 is 5.30. The van der Waals surface area contributed by atoms with Gasteiger partial charge in [0.1, 0.15) is 0 Å². The zero-order valence-electron chi connectivity index (χ0n) is 9.43. The Kier molecular flexibility index (Phi) is 4.24. The molecule has 2 fully saturated rings. The van der Waals surface area contributed by atoms with Crippen LogP contribution < -0.4 is 10.6 Å². The van der Waals surface area contributed by atoms with Gasteiger partial charge in [0.25, 0.3) is 0 Å². The van der Waals surface area contributed by atoms with Crippen molar-refractivity contribution in [2.24, 2.45) is 5.92 Å². The van der Waals surface area contributed by atoms with Crippen LogP contribution in [-0.2, 0) is 0 Å². The highest BCUT2D eigenvalue weighted by atomic mass is 32.1. The molecule has 0 saturated heterocycles. The molecule has 2 aliphatic carbocycles. The fraction of sp³-hybridized carbons (Fsp3) is 0.917. The first kappa shape index (κ1) is 11.2. The Hall–Kier alpha value is -0.310. The van der Waals surface area contributed by atoms with E-state index >= 15 is 0 Å². The summed E-state index contributed by atoms with van der Waals surface area (Å²) in [5.74, 6) is 0.885. The third-order valence-electron chi connectivity index (χ3n) is 3.72. The van der Waals surface area contributed by atoms with Crippen LogP contribution in [-0.4, -0.2) is 17.7 Å². The summed E-state index contributed by atoms with van der Waals surface area (Å²) in [5, 5.41) is 7.68. The topological polar surface area (TPSA) is 24.1 Å². The molecule has 0 radical (unpaired) electrons. The monoisotopic (exact) mass is 226 g/mol. The summed E-state index contributed by atoms with van der Waals surface area (Å²) in [7, 11) is 0. The summed E-state index contributed by atoms with van der Waals surface area (Å²) < 4.78 is 0. The standard InChI is InChI=1S/C12H22N2S/c15-12(13-9-10-5-4-6-10)14-11-7-2-1-3-8-11/h10-11H,1-9H2,(H2,13,14,15). The Labute approximate surface area is 98.2 Å². The maximum absolute atomic E-state index is 5.30. The highest BCUT2D eigenvalue weighted by Crippen LogP contribution is 2.25. The third kappa shape index (κ3) is 3.63. The zero-order valence-corrected chi connectivity index (χ0v) is 10.2. The van der Waals surface area contributed by atoms with Gasteiger partial charge in [-0.25, -0.2) is 0 Å². The van der Waals surface area contributed by atoms with Crippen LogP contribution in [0.15, 0.2) is 0 Å². The van der Waals surface area contributed by atoms with Crippen LogP contribution in [0.3, 0.4) is 0 Å². The third-order valence-corrected chi connectivity index (χ3v) is 3.98. The zero-order chi connectivity index (χ0) is 10.5. The Bertz CT molecular complexity index is 208. The summed E-state index contributed by atoms with van der Waals surface area (Å²) in [5.41, 5.74) is 0. The average molecular weight is 226 g/mol. The molecule has 2 N–H and O–H groups in total. The molecular formula is C12H22N2S. The normalized spacial score (nSPS) is 23.2. The van der Waals surface area contributed by atoms with E-state index < -0.39 is 0 Å². The molecule has 0 atom stereocenters. The first-order valence-corrected chi connectivity index (χ1v) is 6.80. The molecule has 15 heavy (non-hydrogen) atoms. The van der Waals surface area contributed by atoms with E-state index in [1.807, 2.05) is 0 Å². The summed E-state index contributed by atoms with van der Waals surface area (Å²) in [6.45, 7) is 1.08. The minimum Gasteiger partial charge on any atom is -0.362 e. The van der Waals surface area contributed by atoms with E-state index in [-0.39, 0.29) is 0 Å². The highest BCUT2D eigenvalue weighted by Gasteiger charge is 2.18. The van der Waals surface area contributed by atoms with Gasteiger partial charge in [-0.15, -0.1) is 0 Å². The highest BCUT2D eigenvalue weighted by molar-refractivity contribution is 7.80. The van der Waals surface area contributed by atoms with Gasteiger partial charge in [0.15, 0.2) is 5.11 Å². The number of thiocarbonyl (C=S) groups is 1. The molecule has 0 spiro atoms. The minimum atomic E-state index is 0.639. The van der Waals surface area contributed by atoms with Crippen LogP contribution in [0.4, 0.5) is 0 Å². The van der Waals surface area contributed by atoms with Crippen molar-refractivity contribution in [2.45, 2.75) is 57.4 Å². The maximum Gasteiger partial charge on any atom is 0.166 e. The molecule has 0 aromatic heterocycles. The van der Waals surface area contributed by atoms with Gasteiger partial charge in [-0.05, 0) is 43.8 Å². The molecule has 0 heterocycles. The molecule has 2 rings (SSSR count). The Balaban J connectivity index is 1.58. The molecule has 2 aliphatic rings. The molecule has 2 nitrogen and oxygen atoms in total. The van der Waals surface area contributed by atoms with Crippen molar-refractivity contribution >= 4 is 17.3 Å². The van der Waals surface area contributed by atoms with Crippen LogP contribution in [0.25, 0.3) is 0 Å². The Morgan fingerprint density at radius 1 is 1.00 bits per heavy atom. The van der Waals surface area contributed by atoms with E-state index in [9.17, 15) is 0 Å². The SMILES string of the molecule is S=C(NCC1CCC1)NC1CCCCC1. The van der Waals surface area contributed by atoms with Gasteiger partial charge in [-0.3, -0.25) is 0 Å². The second-order valence-corrected chi connectivity index (χ2v) is 5.39. The first-order chi connectivity index (χ1) is 7.34. The van der Waals surface area contributed by atoms with Gasteiger partial charge in [0.2, 0.25) is 0 Å². The second kappa shape index (κ2) is 5.69. The van der Waals surface area contributed by atoms with Crippen LogP contribution in [0.5, 0.6) is 0 Å². The number of nitrogens with one attached hydrogen (secondary N) is 2. The average Bonchev–Trinajstić information content (AvgIpc) is 2.17. The van der Waals surface area contributed by atoms with Gasteiger partial charge in [0, 0.05) is 12.6 Å². The first-order valence-electron chi connectivity index (χ1n) is 6.39. The van der Waals surface area contributed by atoms with Crippen molar-refractivity contribution < 1.29 is 0 Å². The van der Waals surface area contributed by atoms with E-state index in [1.54, 1.807) is 0 Å². The van der Waals surface area contributed by atoms with Gasteiger partial charge < -0.3 is 10.6 Å². The summed E-state index contributed by atoms with van der Waals surface area (Å²) in [4.78, 5) is 0. The molecule has 86 valence electrons. The summed E-state index contributed by atoms with van der Waals surface area (Å²) in [6.07, 6.45) is 10.9. The largest absolute Gasteiger partial charge is 0.362 e. The van der Waals surface area contributed by atoms with E-state index in [2.05, 4.69) is 10.6 Å². The van der Waals surface area contributed by atoms with Crippen molar-refractivity contribution in [3.63, 3.8) is 0 Å². The van der Waals surface area contributed by atoms with Crippen molar-refractivity contribution in [1.29, 1.82) is 0 Å². The van der Waals surface area contributed by atoms with Crippen LogP contribution in [0.2, 0.25) is 0 Å². The second-order valence-electron chi connectivity index (χ2n) is 4.99. The van der Waals surface area contributed by atoms with E-state index in [0.717, 1.165) is 17.6 Å². The lowest BCUT2D eigenvalue weighted by atomic mass is 9.85. The summed E-state index contributed by atoms with van der Waals surface area (Å²) in [6, 6.07) is 0.639. The van der Waals surface area contributed by atoms with Crippen molar-refractivity contribution in [1.82, 2.24) is 10.6 Å². The minimum absolute atomic E-state index is 0.639. The molecule has 0 aromatic carbocycles. The van der Waals surface area contributed by atoms with E-state index in [4.69, 9.17) is 12.2 Å². The lowest BCUT2D eigenvalue weighted by molar-refractivity contribution is 0.314. The predicted molar refractivity (Wildman–Crippen MR) is 68.0 cm³/mol. The van der Waals surface area contributed by atoms with Crippen molar-refractivity contribution in [2.75, 3.05) is 6.54 Å². The number of hydrogen-bond donors (Lipinski definition) is 2. The fourth-order valence-corrected chi connectivity index (χ4v) is 2.67. The quantitative estimate of drug-likeness (QED) is 0.723. The van der Waals surface area contributed by atoms with Crippen LogP contribution in [0, 0.1) is 5.92 Å². The van der Waals surface area contributed by atoms with Crippen LogP contribution >= 0.6 is 12.2 Å². The molecule has 0 bridgehead atoms. The van der Waals surface area contributed by atoms with E-state index in [0.29, 0.717) is 6.04 Å². The molecule has 0 aliphatic heterocycles. The molecule has 3 heteroatoms. The molecular weight excluding hydrogens is 204 g/mol. The molecule has 0 unspecified atom stereocenters. The Morgan fingerprint density at radius 2 is 1.73 bits per heavy atom. The van der Waals surface area contributed by atoms with Crippen molar-refractivity contribution in [3.8, 4) is 0 Å².